The number of halogens is 1. The molecule has 1 aromatic carbocycles. The van der Waals surface area contributed by atoms with Crippen molar-refractivity contribution < 1.29 is 12.4 Å². The third-order valence-electron chi connectivity index (χ3n) is 3.14. The van der Waals surface area contributed by atoms with Crippen LogP contribution in [-0.2, 0) is 6.54 Å². The fraction of sp³-hybridized carbons (Fsp3) is 0.412. The maximum absolute atomic E-state index is 4.44. The molecular weight excluding hydrogens is 314 g/mol. The molecule has 2 aromatic rings. The predicted octanol–water partition coefficient (Wildman–Crippen LogP) is 0.678. The predicted molar refractivity (Wildman–Crippen MR) is 89.7 cm³/mol. The monoisotopic (exact) mass is 336 g/mol. The number of rotatable bonds is 7. The van der Waals surface area contributed by atoms with Crippen LogP contribution in [0.5, 0.6) is 0 Å². The Bertz CT molecular complexity index is 552. The van der Waals surface area contributed by atoms with Gasteiger partial charge in [0, 0.05) is 23.7 Å². The lowest BCUT2D eigenvalue weighted by Crippen LogP contribution is -3.00. The molecule has 3 nitrogen and oxygen atoms in total. The van der Waals surface area contributed by atoms with Crippen LogP contribution in [0.2, 0.25) is 0 Å². The number of benzene rings is 1. The maximum Gasteiger partial charge on any atom is 0.187 e. The van der Waals surface area contributed by atoms with E-state index >= 15 is 0 Å². The lowest BCUT2D eigenvalue weighted by atomic mass is 10.1. The SMILES string of the molecule is Cc1ccc(CNCCCSc2nc(C)cc(C)n2)cc1.[Cl-]. The van der Waals surface area contributed by atoms with E-state index in [9.17, 15) is 0 Å². The Balaban J connectivity index is 0.00000242. The van der Waals surface area contributed by atoms with E-state index in [1.807, 2.05) is 19.9 Å². The molecule has 0 amide bonds. The lowest BCUT2D eigenvalue weighted by molar-refractivity contribution is -0.00000473. The van der Waals surface area contributed by atoms with Gasteiger partial charge in [-0.15, -0.1) is 0 Å². The van der Waals surface area contributed by atoms with Gasteiger partial charge in [-0.2, -0.15) is 0 Å². The number of nitrogens with one attached hydrogen (secondary N) is 1. The fourth-order valence-electron chi connectivity index (χ4n) is 2.06. The van der Waals surface area contributed by atoms with Gasteiger partial charge in [0.05, 0.1) is 0 Å². The molecule has 1 heterocycles. The lowest BCUT2D eigenvalue weighted by Gasteiger charge is -2.06. The number of aryl methyl sites for hydroxylation is 3. The summed E-state index contributed by atoms with van der Waals surface area (Å²) in [4.78, 5) is 8.88. The van der Waals surface area contributed by atoms with E-state index in [-0.39, 0.29) is 12.4 Å². The van der Waals surface area contributed by atoms with Crippen LogP contribution in [-0.4, -0.2) is 22.3 Å². The molecule has 0 unspecified atom stereocenters. The van der Waals surface area contributed by atoms with Crippen LogP contribution in [0.3, 0.4) is 0 Å². The molecule has 1 N–H and O–H groups in total. The minimum Gasteiger partial charge on any atom is -1.00 e. The molecule has 0 bridgehead atoms. The molecule has 0 aliphatic carbocycles. The summed E-state index contributed by atoms with van der Waals surface area (Å²) in [6.45, 7) is 8.10. The summed E-state index contributed by atoms with van der Waals surface area (Å²) in [5, 5.41) is 4.37. The third kappa shape index (κ3) is 6.77. The summed E-state index contributed by atoms with van der Waals surface area (Å²) in [6, 6.07) is 10.7. The minimum absolute atomic E-state index is 0. The fourth-order valence-corrected chi connectivity index (χ4v) is 2.95. The molecule has 0 fully saturated rings. The zero-order valence-electron chi connectivity index (χ0n) is 13.4. The summed E-state index contributed by atoms with van der Waals surface area (Å²) >= 11 is 1.73. The highest BCUT2D eigenvalue weighted by atomic mass is 35.5. The van der Waals surface area contributed by atoms with Crippen molar-refractivity contribution in [1.82, 2.24) is 15.3 Å². The third-order valence-corrected chi connectivity index (χ3v) is 4.07. The topological polar surface area (TPSA) is 37.8 Å². The zero-order chi connectivity index (χ0) is 15.1. The first kappa shape index (κ1) is 18.9. The van der Waals surface area contributed by atoms with Crippen LogP contribution in [0.4, 0.5) is 0 Å². The van der Waals surface area contributed by atoms with Gasteiger partial charge in [0.25, 0.3) is 0 Å². The first-order valence-electron chi connectivity index (χ1n) is 7.35. The Kier molecular flexibility index (Phi) is 8.46. The molecule has 5 heteroatoms. The summed E-state index contributed by atoms with van der Waals surface area (Å²) in [5.74, 6) is 1.05. The summed E-state index contributed by atoms with van der Waals surface area (Å²) in [6.07, 6.45) is 1.12. The quantitative estimate of drug-likeness (QED) is 0.458. The normalized spacial score (nSPS) is 10.3. The van der Waals surface area contributed by atoms with E-state index in [1.165, 1.54) is 11.1 Å². The van der Waals surface area contributed by atoms with Crippen molar-refractivity contribution in [3.8, 4) is 0 Å². The number of thioether (sulfide) groups is 1. The summed E-state index contributed by atoms with van der Waals surface area (Å²) in [5.41, 5.74) is 4.74. The van der Waals surface area contributed by atoms with Gasteiger partial charge >= 0.3 is 0 Å². The average Bonchev–Trinajstić information content (AvgIpc) is 2.43. The molecule has 0 aliphatic heterocycles. The van der Waals surface area contributed by atoms with Crippen molar-refractivity contribution >= 4 is 11.8 Å². The second kappa shape index (κ2) is 9.82. The number of nitrogens with zero attached hydrogens (tertiary/aromatic N) is 2. The van der Waals surface area contributed by atoms with Gasteiger partial charge in [-0.05, 0) is 45.4 Å². The second-order valence-electron chi connectivity index (χ2n) is 5.30. The Morgan fingerprint density at radius 3 is 2.27 bits per heavy atom. The van der Waals surface area contributed by atoms with Crippen molar-refractivity contribution in [2.75, 3.05) is 12.3 Å². The smallest absolute Gasteiger partial charge is 0.187 e. The summed E-state index contributed by atoms with van der Waals surface area (Å²) in [7, 11) is 0. The van der Waals surface area contributed by atoms with Gasteiger partial charge in [0.1, 0.15) is 0 Å². The first-order chi connectivity index (χ1) is 10.1. The maximum atomic E-state index is 4.44. The largest absolute Gasteiger partial charge is 1.00 e. The Morgan fingerprint density at radius 2 is 1.64 bits per heavy atom. The van der Waals surface area contributed by atoms with Crippen molar-refractivity contribution in [3.63, 3.8) is 0 Å². The molecule has 0 aliphatic rings. The van der Waals surface area contributed by atoms with Crippen LogP contribution in [0.25, 0.3) is 0 Å². The van der Waals surface area contributed by atoms with Crippen molar-refractivity contribution in [1.29, 1.82) is 0 Å². The minimum atomic E-state index is 0. The second-order valence-corrected chi connectivity index (χ2v) is 6.36. The molecule has 0 saturated carbocycles. The highest BCUT2D eigenvalue weighted by Crippen LogP contribution is 2.14. The van der Waals surface area contributed by atoms with Gasteiger partial charge in [0.2, 0.25) is 0 Å². The molecule has 0 saturated heterocycles. The number of hydrogen-bond acceptors (Lipinski definition) is 4. The van der Waals surface area contributed by atoms with Gasteiger partial charge in [-0.25, -0.2) is 9.97 Å². The van der Waals surface area contributed by atoms with E-state index in [0.29, 0.717) is 0 Å². The van der Waals surface area contributed by atoms with Crippen LogP contribution in [0, 0.1) is 20.8 Å². The highest BCUT2D eigenvalue weighted by Gasteiger charge is 2.00. The highest BCUT2D eigenvalue weighted by molar-refractivity contribution is 7.99. The van der Waals surface area contributed by atoms with E-state index in [1.54, 1.807) is 11.8 Å². The van der Waals surface area contributed by atoms with E-state index in [2.05, 4.69) is 46.5 Å². The van der Waals surface area contributed by atoms with Crippen LogP contribution in [0.15, 0.2) is 35.5 Å². The Hall–Kier alpha value is -1.10. The van der Waals surface area contributed by atoms with Gasteiger partial charge in [0.15, 0.2) is 5.16 Å². The van der Waals surface area contributed by atoms with Crippen molar-refractivity contribution in [2.45, 2.75) is 38.9 Å². The number of aromatic nitrogens is 2. The Morgan fingerprint density at radius 1 is 1.00 bits per heavy atom. The standard InChI is InChI=1S/C17H23N3S.ClH/c1-13-5-7-16(8-6-13)12-18-9-4-10-21-17-19-14(2)11-15(3)20-17;/h5-8,11,18H,4,9-10,12H2,1-3H3;1H/p-1. The molecular formula is C17H23ClN3S-. The molecule has 0 radical (unpaired) electrons. The van der Waals surface area contributed by atoms with Crippen molar-refractivity contribution in [3.05, 3.63) is 52.8 Å². The molecule has 120 valence electrons. The van der Waals surface area contributed by atoms with Gasteiger partial charge in [-0.3, -0.25) is 0 Å². The van der Waals surface area contributed by atoms with E-state index in [0.717, 1.165) is 41.8 Å². The average molecular weight is 337 g/mol. The van der Waals surface area contributed by atoms with Gasteiger partial charge in [-0.1, -0.05) is 41.6 Å². The first-order valence-corrected chi connectivity index (χ1v) is 8.33. The van der Waals surface area contributed by atoms with Crippen LogP contribution >= 0.6 is 11.8 Å². The molecule has 0 spiro atoms. The summed E-state index contributed by atoms with van der Waals surface area (Å²) < 4.78 is 0. The zero-order valence-corrected chi connectivity index (χ0v) is 15.0. The molecule has 2 rings (SSSR count). The van der Waals surface area contributed by atoms with Gasteiger partial charge < -0.3 is 17.7 Å². The van der Waals surface area contributed by atoms with E-state index < -0.39 is 0 Å². The van der Waals surface area contributed by atoms with Crippen LogP contribution in [0.1, 0.15) is 28.9 Å². The number of hydrogen-bond donors (Lipinski definition) is 1. The molecule has 1 aromatic heterocycles. The Labute approximate surface area is 143 Å². The molecule has 22 heavy (non-hydrogen) atoms. The van der Waals surface area contributed by atoms with Crippen molar-refractivity contribution in [2.24, 2.45) is 0 Å². The molecule has 0 atom stereocenters. The van der Waals surface area contributed by atoms with Crippen LogP contribution < -0.4 is 17.7 Å². The van der Waals surface area contributed by atoms with E-state index in [4.69, 9.17) is 0 Å².